The van der Waals surface area contributed by atoms with Gasteiger partial charge in [-0.15, -0.1) is 0 Å². The molecule has 1 aliphatic rings. The summed E-state index contributed by atoms with van der Waals surface area (Å²) in [7, 11) is 0. The average molecular weight is 343 g/mol. The SMILES string of the molecule is CC(C)(C)OC(=O)N1CCO[C@@H](c2ccc(Br)cn2)C1. The Bertz CT molecular complexity index is 470. The van der Waals surface area contributed by atoms with Crippen LogP contribution in [0.15, 0.2) is 22.8 Å². The summed E-state index contributed by atoms with van der Waals surface area (Å²) in [5.74, 6) is 0. The molecule has 110 valence electrons. The summed E-state index contributed by atoms with van der Waals surface area (Å²) >= 11 is 3.35. The monoisotopic (exact) mass is 342 g/mol. The van der Waals surface area contributed by atoms with Crippen molar-refractivity contribution in [1.82, 2.24) is 9.88 Å². The zero-order chi connectivity index (χ0) is 14.8. The molecule has 0 N–H and O–H groups in total. The van der Waals surface area contributed by atoms with E-state index in [0.29, 0.717) is 19.7 Å². The van der Waals surface area contributed by atoms with Crippen molar-refractivity contribution in [3.05, 3.63) is 28.5 Å². The highest BCUT2D eigenvalue weighted by Gasteiger charge is 2.29. The van der Waals surface area contributed by atoms with E-state index in [2.05, 4.69) is 20.9 Å². The molecule has 20 heavy (non-hydrogen) atoms. The topological polar surface area (TPSA) is 51.7 Å². The summed E-state index contributed by atoms with van der Waals surface area (Å²) in [6.45, 7) is 7.07. The van der Waals surface area contributed by atoms with Crippen molar-refractivity contribution in [2.75, 3.05) is 19.7 Å². The summed E-state index contributed by atoms with van der Waals surface area (Å²) in [6.07, 6.45) is 1.22. The number of carbonyl (C=O) groups is 1. The second-order valence-corrected chi connectivity index (χ2v) is 6.60. The minimum atomic E-state index is -0.485. The summed E-state index contributed by atoms with van der Waals surface area (Å²) in [6, 6.07) is 3.81. The largest absolute Gasteiger partial charge is 0.444 e. The number of aromatic nitrogens is 1. The van der Waals surface area contributed by atoms with Crippen LogP contribution in [-0.2, 0) is 9.47 Å². The molecular weight excluding hydrogens is 324 g/mol. The highest BCUT2D eigenvalue weighted by atomic mass is 79.9. The number of hydrogen-bond acceptors (Lipinski definition) is 4. The fourth-order valence-electron chi connectivity index (χ4n) is 1.90. The minimum absolute atomic E-state index is 0.204. The molecule has 0 radical (unpaired) electrons. The number of carbonyl (C=O) groups excluding carboxylic acids is 1. The molecule has 0 aliphatic carbocycles. The molecule has 1 aromatic heterocycles. The van der Waals surface area contributed by atoms with Gasteiger partial charge in [-0.1, -0.05) is 0 Å². The highest BCUT2D eigenvalue weighted by molar-refractivity contribution is 9.10. The first kappa shape index (κ1) is 15.3. The van der Waals surface area contributed by atoms with E-state index in [4.69, 9.17) is 9.47 Å². The maximum absolute atomic E-state index is 12.1. The van der Waals surface area contributed by atoms with Gasteiger partial charge in [0.05, 0.1) is 18.8 Å². The Hall–Kier alpha value is -1.14. The quantitative estimate of drug-likeness (QED) is 0.786. The van der Waals surface area contributed by atoms with Crippen molar-refractivity contribution in [2.24, 2.45) is 0 Å². The summed E-state index contributed by atoms with van der Waals surface area (Å²) < 4.78 is 12.0. The van der Waals surface area contributed by atoms with E-state index in [1.54, 1.807) is 11.1 Å². The number of nitrogens with zero attached hydrogens (tertiary/aromatic N) is 2. The van der Waals surface area contributed by atoms with E-state index in [0.717, 1.165) is 10.2 Å². The summed E-state index contributed by atoms with van der Waals surface area (Å²) in [4.78, 5) is 18.1. The van der Waals surface area contributed by atoms with Gasteiger partial charge in [0.2, 0.25) is 0 Å². The minimum Gasteiger partial charge on any atom is -0.444 e. The maximum atomic E-state index is 12.1. The fraction of sp³-hybridized carbons (Fsp3) is 0.571. The Kier molecular flexibility index (Phi) is 4.65. The Balaban J connectivity index is 2.01. The third-order valence-corrected chi connectivity index (χ3v) is 3.27. The number of amides is 1. The first-order chi connectivity index (χ1) is 9.35. The molecule has 5 nitrogen and oxygen atoms in total. The first-order valence-electron chi connectivity index (χ1n) is 6.56. The van der Waals surface area contributed by atoms with Crippen LogP contribution in [0.3, 0.4) is 0 Å². The standard InChI is InChI=1S/C14H19BrN2O3/c1-14(2,3)20-13(18)17-6-7-19-12(9-17)11-5-4-10(15)8-16-11/h4-5,8,12H,6-7,9H2,1-3H3/t12-/m1/s1. The zero-order valence-electron chi connectivity index (χ0n) is 11.9. The van der Waals surface area contributed by atoms with Crippen LogP contribution in [-0.4, -0.2) is 41.3 Å². The third-order valence-electron chi connectivity index (χ3n) is 2.80. The van der Waals surface area contributed by atoms with Crippen molar-refractivity contribution in [3.8, 4) is 0 Å². The molecule has 6 heteroatoms. The molecule has 1 aromatic rings. The van der Waals surface area contributed by atoms with E-state index >= 15 is 0 Å². The van der Waals surface area contributed by atoms with Crippen molar-refractivity contribution in [1.29, 1.82) is 0 Å². The molecule has 1 amide bonds. The van der Waals surface area contributed by atoms with Gasteiger partial charge in [0, 0.05) is 17.2 Å². The van der Waals surface area contributed by atoms with Crippen molar-refractivity contribution in [2.45, 2.75) is 32.5 Å². The van der Waals surface area contributed by atoms with Gasteiger partial charge in [-0.3, -0.25) is 4.98 Å². The van der Waals surface area contributed by atoms with E-state index < -0.39 is 5.60 Å². The molecule has 1 atom stereocenters. The molecule has 0 spiro atoms. The molecule has 1 aliphatic heterocycles. The van der Waals surface area contributed by atoms with Gasteiger partial charge < -0.3 is 14.4 Å². The Morgan fingerprint density at radius 2 is 2.25 bits per heavy atom. The number of ether oxygens (including phenoxy) is 2. The molecular formula is C14H19BrN2O3. The molecule has 1 saturated heterocycles. The predicted octanol–water partition coefficient (Wildman–Crippen LogP) is 3.15. The van der Waals surface area contributed by atoms with Crippen LogP contribution in [0, 0.1) is 0 Å². The van der Waals surface area contributed by atoms with Crippen LogP contribution in [0.25, 0.3) is 0 Å². The van der Waals surface area contributed by atoms with Gasteiger partial charge in [0.1, 0.15) is 11.7 Å². The van der Waals surface area contributed by atoms with Gasteiger partial charge >= 0.3 is 6.09 Å². The normalized spacial score (nSPS) is 19.8. The van der Waals surface area contributed by atoms with Crippen LogP contribution in [0.2, 0.25) is 0 Å². The average Bonchev–Trinajstić information content (AvgIpc) is 2.38. The maximum Gasteiger partial charge on any atom is 0.410 e. The van der Waals surface area contributed by atoms with Crippen LogP contribution in [0.1, 0.15) is 32.6 Å². The van der Waals surface area contributed by atoms with Crippen molar-refractivity contribution >= 4 is 22.0 Å². The summed E-state index contributed by atoms with van der Waals surface area (Å²) in [5.41, 5.74) is 0.335. The first-order valence-corrected chi connectivity index (χ1v) is 7.35. The van der Waals surface area contributed by atoms with E-state index in [1.165, 1.54) is 0 Å². The Morgan fingerprint density at radius 3 is 2.85 bits per heavy atom. The van der Waals surface area contributed by atoms with E-state index in [9.17, 15) is 4.79 Å². The van der Waals surface area contributed by atoms with Crippen LogP contribution in [0.5, 0.6) is 0 Å². The van der Waals surface area contributed by atoms with E-state index in [1.807, 2.05) is 32.9 Å². The van der Waals surface area contributed by atoms with Crippen molar-refractivity contribution in [3.63, 3.8) is 0 Å². The highest BCUT2D eigenvalue weighted by Crippen LogP contribution is 2.23. The van der Waals surface area contributed by atoms with Gasteiger partial charge in [-0.05, 0) is 48.8 Å². The van der Waals surface area contributed by atoms with Gasteiger partial charge in [0.25, 0.3) is 0 Å². The lowest BCUT2D eigenvalue weighted by Crippen LogP contribution is -2.44. The molecule has 1 fully saturated rings. The van der Waals surface area contributed by atoms with Gasteiger partial charge in [-0.25, -0.2) is 4.79 Å². The van der Waals surface area contributed by atoms with Crippen molar-refractivity contribution < 1.29 is 14.3 Å². The number of morpholine rings is 1. The smallest absolute Gasteiger partial charge is 0.410 e. The second-order valence-electron chi connectivity index (χ2n) is 5.69. The number of rotatable bonds is 1. The van der Waals surface area contributed by atoms with Gasteiger partial charge in [-0.2, -0.15) is 0 Å². The molecule has 0 unspecified atom stereocenters. The lowest BCUT2D eigenvalue weighted by Gasteiger charge is -2.34. The Morgan fingerprint density at radius 1 is 1.50 bits per heavy atom. The molecule has 0 bridgehead atoms. The van der Waals surface area contributed by atoms with Gasteiger partial charge in [0.15, 0.2) is 0 Å². The molecule has 0 saturated carbocycles. The lowest BCUT2D eigenvalue weighted by atomic mass is 10.2. The van der Waals surface area contributed by atoms with Crippen LogP contribution >= 0.6 is 15.9 Å². The predicted molar refractivity (Wildman–Crippen MR) is 78.4 cm³/mol. The Labute approximate surface area is 127 Å². The third kappa shape index (κ3) is 4.18. The molecule has 2 heterocycles. The fourth-order valence-corrected chi connectivity index (χ4v) is 2.13. The number of pyridine rings is 1. The second kappa shape index (κ2) is 6.10. The molecule has 2 rings (SSSR count). The summed E-state index contributed by atoms with van der Waals surface area (Å²) in [5, 5.41) is 0. The van der Waals surface area contributed by atoms with E-state index in [-0.39, 0.29) is 12.2 Å². The number of halogens is 1. The van der Waals surface area contributed by atoms with Crippen LogP contribution in [0.4, 0.5) is 4.79 Å². The molecule has 0 aromatic carbocycles. The number of hydrogen-bond donors (Lipinski definition) is 0. The van der Waals surface area contributed by atoms with Crippen LogP contribution < -0.4 is 0 Å². The zero-order valence-corrected chi connectivity index (χ0v) is 13.5. The lowest BCUT2D eigenvalue weighted by molar-refractivity contribution is -0.0447.